The van der Waals surface area contributed by atoms with Gasteiger partial charge in [0.25, 0.3) is 5.91 Å². The molecule has 160 valence electrons. The third kappa shape index (κ3) is 6.87. The van der Waals surface area contributed by atoms with Crippen LogP contribution in [0.25, 0.3) is 0 Å². The average Bonchev–Trinajstić information content (AvgIpc) is 2.78. The quantitative estimate of drug-likeness (QED) is 0.370. The molecule has 0 saturated carbocycles. The zero-order valence-electron chi connectivity index (χ0n) is 16.8. The van der Waals surface area contributed by atoms with E-state index in [9.17, 15) is 4.79 Å². The van der Waals surface area contributed by atoms with Crippen LogP contribution in [0.3, 0.4) is 0 Å². The summed E-state index contributed by atoms with van der Waals surface area (Å²) in [6.45, 7) is 0.806. The number of methoxy groups -OCH3 is 1. The van der Waals surface area contributed by atoms with Gasteiger partial charge in [-0.1, -0.05) is 29.8 Å². The van der Waals surface area contributed by atoms with Crippen LogP contribution in [0.4, 0.5) is 5.69 Å². The van der Waals surface area contributed by atoms with Gasteiger partial charge < -0.3 is 19.5 Å². The number of nitrogens with one attached hydrogen (secondary N) is 2. The molecule has 3 aromatic carbocycles. The number of anilines is 1. The maximum absolute atomic E-state index is 12.4. The highest BCUT2D eigenvalue weighted by Gasteiger charge is 2.09. The summed E-state index contributed by atoms with van der Waals surface area (Å²) in [5.74, 6) is 1.65. The summed E-state index contributed by atoms with van der Waals surface area (Å²) < 4.78 is 16.3. The highest BCUT2D eigenvalue weighted by Crippen LogP contribution is 2.27. The lowest BCUT2D eigenvalue weighted by Crippen LogP contribution is -2.34. The molecule has 0 atom stereocenters. The number of hydrogen-bond donors (Lipinski definition) is 2. The van der Waals surface area contributed by atoms with E-state index in [2.05, 4.69) is 10.6 Å². The molecule has 0 aliphatic rings. The number of ether oxygens (including phenoxy) is 3. The van der Waals surface area contributed by atoms with Gasteiger partial charge in [0.05, 0.1) is 12.1 Å². The van der Waals surface area contributed by atoms with Crippen LogP contribution in [0.5, 0.6) is 17.2 Å². The summed E-state index contributed by atoms with van der Waals surface area (Å²) in [6, 6.07) is 21.4. The zero-order chi connectivity index (χ0) is 22.1. The minimum atomic E-state index is -0.337. The highest BCUT2D eigenvalue weighted by molar-refractivity contribution is 7.80. The van der Waals surface area contributed by atoms with Crippen molar-refractivity contribution in [3.8, 4) is 17.2 Å². The minimum Gasteiger partial charge on any atom is -0.495 e. The predicted molar refractivity (Wildman–Crippen MR) is 126 cm³/mol. The van der Waals surface area contributed by atoms with Crippen molar-refractivity contribution >= 4 is 40.5 Å². The molecule has 0 fully saturated rings. The van der Waals surface area contributed by atoms with E-state index >= 15 is 0 Å². The van der Waals surface area contributed by atoms with Gasteiger partial charge in [-0.25, -0.2) is 0 Å². The van der Waals surface area contributed by atoms with Crippen molar-refractivity contribution in [2.24, 2.45) is 0 Å². The van der Waals surface area contributed by atoms with Gasteiger partial charge in [0.15, 0.2) is 5.11 Å². The summed E-state index contributed by atoms with van der Waals surface area (Å²) in [4.78, 5) is 12.4. The van der Waals surface area contributed by atoms with Crippen molar-refractivity contribution in [3.05, 3.63) is 83.4 Å². The molecule has 3 rings (SSSR count). The second-order valence-electron chi connectivity index (χ2n) is 6.29. The Hall–Kier alpha value is -3.29. The maximum Gasteiger partial charge on any atom is 0.257 e. The Labute approximate surface area is 191 Å². The SMILES string of the molecule is COc1ccc(NC(=S)NC(=O)c2ccc(OCCOc3ccccc3)cc2)cc1Cl. The number of rotatable bonds is 8. The molecule has 31 heavy (non-hydrogen) atoms. The van der Waals surface area contributed by atoms with E-state index in [4.69, 9.17) is 38.0 Å². The standard InChI is InChI=1S/C23H21ClN2O4S/c1-28-21-12-9-17(15-20(21)24)25-23(31)26-22(27)16-7-10-19(11-8-16)30-14-13-29-18-5-3-2-4-6-18/h2-12,15H,13-14H2,1H3,(H2,25,26,27,31). The smallest absolute Gasteiger partial charge is 0.257 e. The Morgan fingerprint density at radius 3 is 2.19 bits per heavy atom. The zero-order valence-corrected chi connectivity index (χ0v) is 18.3. The van der Waals surface area contributed by atoms with E-state index in [1.165, 1.54) is 7.11 Å². The Morgan fingerprint density at radius 1 is 0.935 bits per heavy atom. The number of carbonyl (C=O) groups excluding carboxylic acids is 1. The topological polar surface area (TPSA) is 68.8 Å². The third-order valence-electron chi connectivity index (χ3n) is 4.12. The van der Waals surface area contributed by atoms with E-state index in [1.54, 1.807) is 42.5 Å². The summed E-state index contributed by atoms with van der Waals surface area (Å²) in [5.41, 5.74) is 1.09. The van der Waals surface area contributed by atoms with E-state index in [1.807, 2.05) is 30.3 Å². The first-order chi connectivity index (χ1) is 15.0. The van der Waals surface area contributed by atoms with Gasteiger partial charge in [-0.2, -0.15) is 0 Å². The molecule has 0 aromatic heterocycles. The van der Waals surface area contributed by atoms with Gasteiger partial charge in [-0.15, -0.1) is 0 Å². The summed E-state index contributed by atoms with van der Waals surface area (Å²) in [7, 11) is 1.54. The van der Waals surface area contributed by atoms with Crippen LogP contribution in [0.2, 0.25) is 5.02 Å². The Bertz CT molecular complexity index is 1030. The number of benzene rings is 3. The van der Waals surface area contributed by atoms with E-state index in [0.29, 0.717) is 41.0 Å². The van der Waals surface area contributed by atoms with Crippen molar-refractivity contribution in [3.63, 3.8) is 0 Å². The first-order valence-electron chi connectivity index (χ1n) is 9.42. The van der Waals surface area contributed by atoms with Gasteiger partial charge >= 0.3 is 0 Å². The molecule has 0 aliphatic carbocycles. The van der Waals surface area contributed by atoms with Crippen LogP contribution in [0, 0.1) is 0 Å². The molecule has 0 bridgehead atoms. The molecule has 3 aromatic rings. The maximum atomic E-state index is 12.4. The fourth-order valence-corrected chi connectivity index (χ4v) is 3.09. The Kier molecular flexibility index (Phi) is 8.09. The van der Waals surface area contributed by atoms with Gasteiger partial charge in [-0.05, 0) is 66.8 Å². The van der Waals surface area contributed by atoms with Gasteiger partial charge in [0, 0.05) is 11.3 Å². The number of amides is 1. The van der Waals surface area contributed by atoms with E-state index < -0.39 is 0 Å². The molecule has 0 spiro atoms. The van der Waals surface area contributed by atoms with Gasteiger partial charge in [0.2, 0.25) is 0 Å². The highest BCUT2D eigenvalue weighted by atomic mass is 35.5. The number of carbonyl (C=O) groups is 1. The van der Waals surface area contributed by atoms with Crippen LogP contribution >= 0.6 is 23.8 Å². The monoisotopic (exact) mass is 456 g/mol. The van der Waals surface area contributed by atoms with Crippen LogP contribution < -0.4 is 24.8 Å². The van der Waals surface area contributed by atoms with Crippen LogP contribution in [0.1, 0.15) is 10.4 Å². The molecule has 0 saturated heterocycles. The number of thiocarbonyl (C=S) groups is 1. The lowest BCUT2D eigenvalue weighted by Gasteiger charge is -2.12. The summed E-state index contributed by atoms with van der Waals surface area (Å²) in [6.07, 6.45) is 0. The fourth-order valence-electron chi connectivity index (χ4n) is 2.62. The minimum absolute atomic E-state index is 0.157. The predicted octanol–water partition coefficient (Wildman–Crippen LogP) is 4.93. The first kappa shape index (κ1) is 22.4. The summed E-state index contributed by atoms with van der Waals surface area (Å²) >= 11 is 11.3. The van der Waals surface area contributed by atoms with Gasteiger partial charge in [0.1, 0.15) is 30.5 Å². The molecular formula is C23H21ClN2O4S. The largest absolute Gasteiger partial charge is 0.495 e. The first-order valence-corrected chi connectivity index (χ1v) is 10.2. The number of para-hydroxylation sites is 1. The molecule has 0 aliphatic heterocycles. The second kappa shape index (κ2) is 11.2. The molecule has 0 radical (unpaired) electrons. The lowest BCUT2D eigenvalue weighted by molar-refractivity contribution is 0.0977. The third-order valence-corrected chi connectivity index (χ3v) is 4.62. The van der Waals surface area contributed by atoms with Crippen LogP contribution in [0.15, 0.2) is 72.8 Å². The Morgan fingerprint density at radius 2 is 1.58 bits per heavy atom. The van der Waals surface area contributed by atoms with E-state index in [0.717, 1.165) is 5.75 Å². The van der Waals surface area contributed by atoms with Crippen molar-refractivity contribution in [2.45, 2.75) is 0 Å². The normalized spacial score (nSPS) is 10.1. The average molecular weight is 457 g/mol. The van der Waals surface area contributed by atoms with E-state index in [-0.39, 0.29) is 11.0 Å². The van der Waals surface area contributed by atoms with Crippen molar-refractivity contribution < 1.29 is 19.0 Å². The Balaban J connectivity index is 1.45. The molecular weight excluding hydrogens is 436 g/mol. The van der Waals surface area contributed by atoms with Crippen molar-refractivity contribution in [2.75, 3.05) is 25.6 Å². The number of hydrogen-bond acceptors (Lipinski definition) is 5. The molecule has 0 unspecified atom stereocenters. The molecule has 2 N–H and O–H groups in total. The van der Waals surface area contributed by atoms with Crippen molar-refractivity contribution in [1.82, 2.24) is 5.32 Å². The summed E-state index contributed by atoms with van der Waals surface area (Å²) in [5, 5.41) is 6.14. The molecule has 1 amide bonds. The molecule has 6 nitrogen and oxygen atoms in total. The van der Waals surface area contributed by atoms with Gasteiger partial charge in [-0.3, -0.25) is 10.1 Å². The second-order valence-corrected chi connectivity index (χ2v) is 7.11. The van der Waals surface area contributed by atoms with Crippen molar-refractivity contribution in [1.29, 1.82) is 0 Å². The molecule has 0 heterocycles. The molecule has 8 heteroatoms. The van der Waals surface area contributed by atoms with Crippen LogP contribution in [-0.4, -0.2) is 31.3 Å². The fraction of sp³-hybridized carbons (Fsp3) is 0.130. The number of halogens is 1. The van der Waals surface area contributed by atoms with Crippen LogP contribution in [-0.2, 0) is 0 Å². The lowest BCUT2D eigenvalue weighted by atomic mass is 10.2.